The molecule has 1 aliphatic heterocycles. The number of nitrogens with zero attached hydrogens (tertiary/aromatic N) is 4. The maximum absolute atomic E-state index is 13.3. The summed E-state index contributed by atoms with van der Waals surface area (Å²) in [5, 5.41) is 12.1. The van der Waals surface area contributed by atoms with Crippen molar-refractivity contribution < 1.29 is 4.79 Å². The van der Waals surface area contributed by atoms with E-state index in [4.69, 9.17) is 0 Å². The van der Waals surface area contributed by atoms with Gasteiger partial charge in [0.15, 0.2) is 0 Å². The molecule has 0 aliphatic carbocycles. The minimum atomic E-state index is 0.0110. The smallest absolute Gasteiger partial charge is 0.244 e. The minimum absolute atomic E-state index is 0.0110. The summed E-state index contributed by atoms with van der Waals surface area (Å²) in [5.41, 5.74) is 1.76. The monoisotopic (exact) mass is 371 g/mol. The molecule has 0 spiro atoms. The molecule has 1 saturated heterocycles. The first kappa shape index (κ1) is 19.8. The van der Waals surface area contributed by atoms with Gasteiger partial charge in [0.05, 0.1) is 5.52 Å². The molecule has 1 amide bonds. The van der Waals surface area contributed by atoms with E-state index in [9.17, 15) is 4.79 Å². The van der Waals surface area contributed by atoms with Gasteiger partial charge in [0.25, 0.3) is 0 Å². The van der Waals surface area contributed by atoms with Crippen LogP contribution in [-0.2, 0) is 11.3 Å². The number of amides is 1. The Kier molecular flexibility index (Phi) is 5.56. The van der Waals surface area contributed by atoms with Crippen LogP contribution in [0, 0.1) is 0 Å². The van der Waals surface area contributed by atoms with Gasteiger partial charge in [-0.05, 0) is 59.1 Å². The standard InChI is InChI=1S/C21H33N5O/c1-6-7-12-25(16-13-20(2,3)23-21(4,5)14-16)19(27)15-26-18-11-9-8-10-17(18)22-24-26/h8-11,16,23H,6-7,12-15H2,1-5H3. The summed E-state index contributed by atoms with van der Waals surface area (Å²) in [6.07, 6.45) is 4.02. The van der Waals surface area contributed by atoms with Gasteiger partial charge in [-0.15, -0.1) is 5.10 Å². The van der Waals surface area contributed by atoms with E-state index in [1.54, 1.807) is 4.68 Å². The summed E-state index contributed by atoms with van der Waals surface area (Å²) < 4.78 is 1.73. The Morgan fingerprint density at radius 3 is 2.56 bits per heavy atom. The molecule has 1 aromatic carbocycles. The normalized spacial score (nSPS) is 19.3. The van der Waals surface area contributed by atoms with Gasteiger partial charge in [-0.3, -0.25) is 4.79 Å². The van der Waals surface area contributed by atoms with Crippen molar-refractivity contribution in [2.75, 3.05) is 6.54 Å². The minimum Gasteiger partial charge on any atom is -0.338 e. The molecule has 1 N–H and O–H groups in total. The molecule has 148 valence electrons. The van der Waals surface area contributed by atoms with E-state index in [0.717, 1.165) is 43.3 Å². The number of hydrogen-bond acceptors (Lipinski definition) is 4. The van der Waals surface area contributed by atoms with E-state index < -0.39 is 0 Å². The third-order valence-electron chi connectivity index (χ3n) is 5.39. The zero-order valence-corrected chi connectivity index (χ0v) is 17.3. The molecule has 0 atom stereocenters. The predicted molar refractivity (Wildman–Crippen MR) is 108 cm³/mol. The number of hydrogen-bond donors (Lipinski definition) is 1. The number of carbonyl (C=O) groups is 1. The highest BCUT2D eigenvalue weighted by Crippen LogP contribution is 2.32. The van der Waals surface area contributed by atoms with Crippen molar-refractivity contribution in [2.45, 2.75) is 84.0 Å². The van der Waals surface area contributed by atoms with Crippen molar-refractivity contribution in [3.8, 4) is 0 Å². The van der Waals surface area contributed by atoms with Crippen molar-refractivity contribution in [1.29, 1.82) is 0 Å². The van der Waals surface area contributed by atoms with Gasteiger partial charge in [-0.25, -0.2) is 4.68 Å². The van der Waals surface area contributed by atoms with Crippen molar-refractivity contribution in [3.05, 3.63) is 24.3 Å². The summed E-state index contributed by atoms with van der Waals surface area (Å²) in [6.45, 7) is 12.1. The van der Waals surface area contributed by atoms with Gasteiger partial charge < -0.3 is 10.2 Å². The molecule has 27 heavy (non-hydrogen) atoms. The van der Waals surface area contributed by atoms with E-state index in [0.29, 0.717) is 0 Å². The average molecular weight is 372 g/mol. The molecule has 0 radical (unpaired) electrons. The molecule has 0 unspecified atom stereocenters. The van der Waals surface area contributed by atoms with Crippen LogP contribution < -0.4 is 5.32 Å². The lowest BCUT2D eigenvalue weighted by Gasteiger charge is -2.49. The van der Waals surface area contributed by atoms with Crippen molar-refractivity contribution in [2.24, 2.45) is 0 Å². The molecule has 1 aromatic heterocycles. The fraction of sp³-hybridized carbons (Fsp3) is 0.667. The van der Waals surface area contributed by atoms with E-state index in [1.165, 1.54) is 0 Å². The molecular formula is C21H33N5O. The molecule has 2 aromatic rings. The number of piperidine rings is 1. The Bertz CT molecular complexity index is 779. The summed E-state index contributed by atoms with van der Waals surface area (Å²) in [6, 6.07) is 8.03. The maximum Gasteiger partial charge on any atom is 0.244 e. The molecule has 1 aliphatic rings. The number of unbranched alkanes of at least 4 members (excludes halogenated alkanes) is 1. The van der Waals surface area contributed by atoms with Crippen LogP contribution in [0.4, 0.5) is 0 Å². The van der Waals surface area contributed by atoms with Gasteiger partial charge in [0, 0.05) is 23.7 Å². The lowest BCUT2D eigenvalue weighted by atomic mass is 9.79. The quantitative estimate of drug-likeness (QED) is 0.846. The maximum atomic E-state index is 13.3. The van der Waals surface area contributed by atoms with E-state index in [-0.39, 0.29) is 29.6 Å². The predicted octanol–water partition coefficient (Wildman–Crippen LogP) is 3.37. The van der Waals surface area contributed by atoms with Crippen molar-refractivity contribution in [3.63, 3.8) is 0 Å². The van der Waals surface area contributed by atoms with Gasteiger partial charge in [0.1, 0.15) is 12.1 Å². The first-order chi connectivity index (χ1) is 12.7. The summed E-state index contributed by atoms with van der Waals surface area (Å²) in [5.74, 6) is 0.137. The second-order valence-electron chi connectivity index (χ2n) is 9.13. The molecule has 0 bridgehead atoms. The Morgan fingerprint density at radius 2 is 1.89 bits per heavy atom. The Balaban J connectivity index is 1.82. The van der Waals surface area contributed by atoms with Gasteiger partial charge in [-0.1, -0.05) is 30.7 Å². The summed E-state index contributed by atoms with van der Waals surface area (Å²) in [4.78, 5) is 15.4. The van der Waals surface area contributed by atoms with E-state index in [2.05, 4.69) is 55.1 Å². The van der Waals surface area contributed by atoms with Crippen molar-refractivity contribution >= 4 is 16.9 Å². The van der Waals surface area contributed by atoms with E-state index >= 15 is 0 Å². The summed E-state index contributed by atoms with van der Waals surface area (Å²) in [7, 11) is 0. The largest absolute Gasteiger partial charge is 0.338 e. The molecule has 6 nitrogen and oxygen atoms in total. The Morgan fingerprint density at radius 1 is 1.22 bits per heavy atom. The van der Waals surface area contributed by atoms with Crippen LogP contribution in [0.3, 0.4) is 0 Å². The number of carbonyl (C=O) groups excluding carboxylic acids is 1. The number of nitrogens with one attached hydrogen (secondary N) is 1. The zero-order valence-electron chi connectivity index (χ0n) is 17.3. The molecule has 3 rings (SSSR count). The van der Waals surface area contributed by atoms with Crippen LogP contribution in [0.2, 0.25) is 0 Å². The lowest BCUT2D eigenvalue weighted by molar-refractivity contribution is -0.136. The zero-order chi connectivity index (χ0) is 19.7. The highest BCUT2D eigenvalue weighted by atomic mass is 16.2. The molecule has 1 fully saturated rings. The Hall–Kier alpha value is -1.95. The number of fused-ring (bicyclic) bond motifs is 1. The number of benzene rings is 1. The SMILES string of the molecule is CCCCN(C(=O)Cn1nnc2ccccc21)C1CC(C)(C)NC(C)(C)C1. The van der Waals surface area contributed by atoms with Gasteiger partial charge >= 0.3 is 0 Å². The van der Waals surface area contributed by atoms with Crippen LogP contribution in [0.15, 0.2) is 24.3 Å². The molecular weight excluding hydrogens is 338 g/mol. The number of para-hydroxylation sites is 1. The average Bonchev–Trinajstić information content (AvgIpc) is 2.95. The van der Waals surface area contributed by atoms with Crippen LogP contribution in [0.1, 0.15) is 60.3 Å². The molecule has 6 heteroatoms. The second kappa shape index (κ2) is 7.58. The molecule has 0 saturated carbocycles. The highest BCUT2D eigenvalue weighted by molar-refractivity contribution is 5.80. The number of aromatic nitrogens is 3. The fourth-order valence-corrected chi connectivity index (χ4v) is 4.58. The fourth-order valence-electron chi connectivity index (χ4n) is 4.58. The Labute approximate surface area is 162 Å². The van der Waals surface area contributed by atoms with Crippen LogP contribution >= 0.6 is 0 Å². The topological polar surface area (TPSA) is 63.1 Å². The third kappa shape index (κ3) is 4.67. The summed E-state index contributed by atoms with van der Waals surface area (Å²) >= 11 is 0. The van der Waals surface area contributed by atoms with Gasteiger partial charge in [0.2, 0.25) is 5.91 Å². The molecule has 2 heterocycles. The highest BCUT2D eigenvalue weighted by Gasteiger charge is 2.41. The second-order valence-corrected chi connectivity index (χ2v) is 9.13. The van der Waals surface area contributed by atoms with Crippen LogP contribution in [0.5, 0.6) is 0 Å². The van der Waals surface area contributed by atoms with Gasteiger partial charge in [-0.2, -0.15) is 0 Å². The lowest BCUT2D eigenvalue weighted by Crippen LogP contribution is -2.63. The van der Waals surface area contributed by atoms with Crippen LogP contribution in [-0.4, -0.2) is 49.5 Å². The number of rotatable bonds is 6. The third-order valence-corrected chi connectivity index (χ3v) is 5.39. The van der Waals surface area contributed by atoms with E-state index in [1.807, 2.05) is 24.3 Å². The van der Waals surface area contributed by atoms with Crippen molar-refractivity contribution in [1.82, 2.24) is 25.2 Å². The first-order valence-electron chi connectivity index (χ1n) is 10.1. The van der Waals surface area contributed by atoms with Crippen LogP contribution in [0.25, 0.3) is 11.0 Å². The first-order valence-corrected chi connectivity index (χ1v) is 10.1.